The highest BCUT2D eigenvalue weighted by Gasteiger charge is 2.36. The first-order valence-electron chi connectivity index (χ1n) is 14.9. The van der Waals surface area contributed by atoms with Crippen molar-refractivity contribution in [3.05, 3.63) is 0 Å². The second-order valence-electron chi connectivity index (χ2n) is 12.9. The molecular weight excluding hydrogens is 466 g/mol. The highest BCUT2D eigenvalue weighted by Crippen LogP contribution is 2.23. The van der Waals surface area contributed by atoms with E-state index in [0.29, 0.717) is 6.42 Å². The number of amides is 3. The number of nitrogens with one attached hydrogen (secondary N) is 3. The second kappa shape index (κ2) is 19.4. The van der Waals surface area contributed by atoms with Gasteiger partial charge < -0.3 is 10.6 Å². The van der Waals surface area contributed by atoms with Gasteiger partial charge in [-0.1, -0.05) is 118 Å². The first-order valence-corrected chi connectivity index (χ1v) is 14.9. The number of unbranched alkanes of at least 4 members (excludes halogenated alkanes) is 13. The minimum atomic E-state index is -0.727. The Morgan fingerprint density at radius 1 is 0.676 bits per heavy atom. The van der Waals surface area contributed by atoms with E-state index in [1.807, 2.05) is 41.5 Å². The van der Waals surface area contributed by atoms with E-state index < -0.39 is 28.8 Å². The fourth-order valence-corrected chi connectivity index (χ4v) is 4.56. The lowest BCUT2D eigenvalue weighted by Gasteiger charge is -2.34. The van der Waals surface area contributed by atoms with Crippen LogP contribution in [0, 0.1) is 11.3 Å². The summed E-state index contributed by atoms with van der Waals surface area (Å²) in [6, 6.07) is -0.727. The van der Waals surface area contributed by atoms with Gasteiger partial charge in [0.2, 0.25) is 17.7 Å². The Morgan fingerprint density at radius 3 is 1.49 bits per heavy atom. The van der Waals surface area contributed by atoms with Crippen molar-refractivity contribution in [1.82, 2.24) is 16.1 Å². The van der Waals surface area contributed by atoms with Crippen LogP contribution < -0.4 is 16.1 Å². The van der Waals surface area contributed by atoms with Gasteiger partial charge in [0.25, 0.3) is 0 Å². The zero-order chi connectivity index (χ0) is 28.3. The van der Waals surface area contributed by atoms with E-state index in [0.717, 1.165) is 19.3 Å². The van der Waals surface area contributed by atoms with Crippen molar-refractivity contribution in [2.75, 3.05) is 0 Å². The van der Waals surface area contributed by atoms with Gasteiger partial charge in [0.15, 0.2) is 0 Å². The summed E-state index contributed by atoms with van der Waals surface area (Å²) < 4.78 is 0. The number of hydrogen-bond acceptors (Lipinski definition) is 4. The van der Waals surface area contributed by atoms with Crippen molar-refractivity contribution in [1.29, 1.82) is 0 Å². The Balaban J connectivity index is 4.49. The van der Waals surface area contributed by atoms with Gasteiger partial charge in [-0.05, 0) is 32.6 Å². The molecule has 0 spiro atoms. The van der Waals surface area contributed by atoms with Crippen molar-refractivity contribution in [3.8, 4) is 0 Å². The van der Waals surface area contributed by atoms with Crippen molar-refractivity contribution < 1.29 is 19.6 Å². The zero-order valence-corrected chi connectivity index (χ0v) is 25.1. The molecular formula is C30H59N3O4. The Labute approximate surface area is 227 Å². The molecule has 0 bridgehead atoms. The zero-order valence-electron chi connectivity index (χ0n) is 25.1. The molecule has 0 aliphatic carbocycles. The van der Waals surface area contributed by atoms with Crippen LogP contribution >= 0.6 is 0 Å². The summed E-state index contributed by atoms with van der Waals surface area (Å²) in [5.74, 6) is -1.73. The Bertz CT molecular complexity index is 638. The predicted octanol–water partition coefficient (Wildman–Crippen LogP) is 6.82. The largest absolute Gasteiger partial charge is 0.350 e. The van der Waals surface area contributed by atoms with E-state index in [2.05, 4.69) is 17.6 Å². The molecule has 2 atom stereocenters. The summed E-state index contributed by atoms with van der Waals surface area (Å²) in [4.78, 5) is 37.9. The molecule has 0 saturated carbocycles. The molecule has 4 N–H and O–H groups in total. The average Bonchev–Trinajstić information content (AvgIpc) is 2.79. The number of hydrogen-bond donors (Lipinski definition) is 4. The highest BCUT2D eigenvalue weighted by molar-refractivity contribution is 5.91. The molecule has 0 aromatic carbocycles. The van der Waals surface area contributed by atoms with E-state index in [9.17, 15) is 14.4 Å². The monoisotopic (exact) mass is 525 g/mol. The lowest BCUT2D eigenvalue weighted by atomic mass is 9.84. The maximum atomic E-state index is 13.1. The van der Waals surface area contributed by atoms with Gasteiger partial charge in [-0.25, -0.2) is 5.48 Å². The van der Waals surface area contributed by atoms with Crippen molar-refractivity contribution in [2.24, 2.45) is 11.3 Å². The molecule has 37 heavy (non-hydrogen) atoms. The molecule has 7 nitrogen and oxygen atoms in total. The van der Waals surface area contributed by atoms with Crippen LogP contribution in [0.25, 0.3) is 0 Å². The normalized spacial score (nSPS) is 13.6. The summed E-state index contributed by atoms with van der Waals surface area (Å²) in [6.07, 6.45) is 18.0. The molecule has 0 fully saturated rings. The van der Waals surface area contributed by atoms with Crippen LogP contribution in [0.15, 0.2) is 0 Å². The van der Waals surface area contributed by atoms with E-state index >= 15 is 0 Å². The van der Waals surface area contributed by atoms with Gasteiger partial charge in [0.05, 0.1) is 0 Å². The molecule has 1 unspecified atom stereocenters. The molecule has 0 rings (SSSR count). The van der Waals surface area contributed by atoms with Crippen LogP contribution in [0.3, 0.4) is 0 Å². The molecule has 0 aromatic rings. The lowest BCUT2D eigenvalue weighted by Crippen LogP contribution is -2.58. The van der Waals surface area contributed by atoms with Crippen LogP contribution in [-0.4, -0.2) is 34.5 Å². The first kappa shape index (κ1) is 35.4. The topological polar surface area (TPSA) is 108 Å². The summed E-state index contributed by atoms with van der Waals surface area (Å²) in [5, 5.41) is 14.8. The minimum Gasteiger partial charge on any atom is -0.350 e. The lowest BCUT2D eigenvalue weighted by molar-refractivity contribution is -0.137. The molecule has 0 aromatic heterocycles. The van der Waals surface area contributed by atoms with Crippen LogP contribution in [0.2, 0.25) is 0 Å². The van der Waals surface area contributed by atoms with E-state index in [-0.39, 0.29) is 18.2 Å². The number of hydroxylamine groups is 1. The van der Waals surface area contributed by atoms with Crippen molar-refractivity contribution >= 4 is 17.7 Å². The third-order valence-corrected chi connectivity index (χ3v) is 6.75. The summed E-state index contributed by atoms with van der Waals surface area (Å²) in [7, 11) is 0. The maximum Gasteiger partial charge on any atom is 0.244 e. The number of carbonyl (C=O) groups is 3. The average molecular weight is 526 g/mol. The third kappa shape index (κ3) is 19.1. The molecule has 0 heterocycles. The summed E-state index contributed by atoms with van der Waals surface area (Å²) in [5.41, 5.74) is 0.724. The number of carbonyl (C=O) groups excluding carboxylic acids is 3. The SMILES string of the molecule is CCCCCCCCCCCCCCCCC(CC(=O)NO)C(=O)N[C@H](C(=O)NC(C)(C)C)C(C)(C)C. The Hall–Kier alpha value is -1.63. The van der Waals surface area contributed by atoms with Crippen LogP contribution in [0.5, 0.6) is 0 Å². The fraction of sp³-hybridized carbons (Fsp3) is 0.900. The second-order valence-corrected chi connectivity index (χ2v) is 12.9. The highest BCUT2D eigenvalue weighted by atomic mass is 16.5. The fourth-order valence-electron chi connectivity index (χ4n) is 4.56. The van der Waals surface area contributed by atoms with Gasteiger partial charge in [0, 0.05) is 17.9 Å². The van der Waals surface area contributed by atoms with E-state index in [1.165, 1.54) is 70.6 Å². The quantitative estimate of drug-likeness (QED) is 0.0795. The van der Waals surface area contributed by atoms with E-state index in [1.54, 1.807) is 5.48 Å². The van der Waals surface area contributed by atoms with Crippen molar-refractivity contribution in [2.45, 2.75) is 163 Å². The van der Waals surface area contributed by atoms with Gasteiger partial charge in [0.1, 0.15) is 6.04 Å². The maximum absolute atomic E-state index is 13.1. The predicted molar refractivity (Wildman–Crippen MR) is 152 cm³/mol. The van der Waals surface area contributed by atoms with Gasteiger partial charge >= 0.3 is 0 Å². The minimum absolute atomic E-state index is 0.0987. The molecule has 0 radical (unpaired) electrons. The molecule has 0 aliphatic rings. The molecule has 3 amide bonds. The van der Waals surface area contributed by atoms with Gasteiger partial charge in [-0.3, -0.25) is 19.6 Å². The van der Waals surface area contributed by atoms with Crippen LogP contribution in [0.4, 0.5) is 0 Å². The van der Waals surface area contributed by atoms with Gasteiger partial charge in [-0.15, -0.1) is 0 Å². The van der Waals surface area contributed by atoms with E-state index in [4.69, 9.17) is 5.21 Å². The third-order valence-electron chi connectivity index (χ3n) is 6.75. The van der Waals surface area contributed by atoms with Crippen LogP contribution in [0.1, 0.15) is 151 Å². The summed E-state index contributed by atoms with van der Waals surface area (Å²) in [6.45, 7) is 13.7. The molecule has 7 heteroatoms. The molecule has 0 aliphatic heterocycles. The van der Waals surface area contributed by atoms with Gasteiger partial charge in [-0.2, -0.15) is 0 Å². The first-order chi connectivity index (χ1) is 17.3. The smallest absolute Gasteiger partial charge is 0.244 e. The number of rotatable bonds is 20. The van der Waals surface area contributed by atoms with Crippen molar-refractivity contribution in [3.63, 3.8) is 0 Å². The molecule has 0 saturated heterocycles. The molecule has 218 valence electrons. The Kier molecular flexibility index (Phi) is 18.6. The van der Waals surface area contributed by atoms with Crippen LogP contribution in [-0.2, 0) is 14.4 Å². The summed E-state index contributed by atoms with van der Waals surface area (Å²) >= 11 is 0. The Morgan fingerprint density at radius 2 is 1.11 bits per heavy atom. The standard InChI is InChI=1S/C30H59N3O4/c1-8-9-10-11-12-13-14-15-16-17-18-19-20-21-22-24(23-25(34)33-37)27(35)31-26(29(2,3)4)28(36)32-30(5,6)7/h24,26,37H,8-23H2,1-7H3,(H,31,35)(H,32,36)(H,33,34)/t24?,26-/m1/s1.